The predicted octanol–water partition coefficient (Wildman–Crippen LogP) is 11.6. The Kier molecular flexibility index (Phi) is 38.9. The van der Waals surface area contributed by atoms with Gasteiger partial charge in [-0.1, -0.05) is 143 Å². The van der Waals surface area contributed by atoms with Crippen LogP contribution in [-0.4, -0.2) is 55.1 Å². The highest BCUT2D eigenvalue weighted by molar-refractivity contribution is 7.47. The number of phosphoric acid groups is 1. The van der Waals surface area contributed by atoms with E-state index in [1.165, 1.54) is 51.0 Å². The van der Waals surface area contributed by atoms with Gasteiger partial charge in [-0.05, 0) is 83.1 Å². The predicted molar refractivity (Wildman–Crippen MR) is 238 cm³/mol. The van der Waals surface area contributed by atoms with Crippen molar-refractivity contribution in [3.8, 4) is 0 Å². The van der Waals surface area contributed by atoms with Crippen molar-refractivity contribution in [2.45, 2.75) is 142 Å². The van der Waals surface area contributed by atoms with Gasteiger partial charge in [-0.25, -0.2) is 4.57 Å². The van der Waals surface area contributed by atoms with Crippen LogP contribution in [0.4, 0.5) is 0 Å². The minimum atomic E-state index is -4.46. The number of rotatable bonds is 38. The number of nitrogens with two attached hydrogens (primary N) is 1. The molecule has 0 bridgehead atoms. The second kappa shape index (κ2) is 41.5. The second-order valence-corrected chi connectivity index (χ2v) is 15.0. The average Bonchev–Trinajstić information content (AvgIpc) is 3.20. The molecular formula is C47H74NO9P. The fraction of sp³-hybridized carbons (Fsp3) is 0.553. The molecule has 3 N–H and O–H groups in total. The number of ketones is 1. The number of carbonyl (C=O) groups excluding carboxylic acids is 3. The van der Waals surface area contributed by atoms with Gasteiger partial charge in [-0.2, -0.15) is 0 Å². The van der Waals surface area contributed by atoms with Crippen LogP contribution in [0.3, 0.4) is 0 Å². The van der Waals surface area contributed by atoms with Crippen LogP contribution in [0.15, 0.2) is 109 Å². The van der Waals surface area contributed by atoms with Crippen LogP contribution in [0.1, 0.15) is 136 Å². The molecule has 10 nitrogen and oxygen atoms in total. The van der Waals surface area contributed by atoms with Gasteiger partial charge in [-0.15, -0.1) is 0 Å². The van der Waals surface area contributed by atoms with Gasteiger partial charge in [0.2, 0.25) is 0 Å². The number of esters is 2. The molecular weight excluding hydrogens is 753 g/mol. The zero-order valence-corrected chi connectivity index (χ0v) is 36.4. The number of allylic oxidation sites excluding steroid dienone is 18. The molecule has 0 radical (unpaired) electrons. The normalized spacial score (nSPS) is 14.3. The maximum Gasteiger partial charge on any atom is 0.472 e. The van der Waals surface area contributed by atoms with Gasteiger partial charge in [0, 0.05) is 25.8 Å². The van der Waals surface area contributed by atoms with E-state index in [2.05, 4.69) is 86.8 Å². The third-order valence-electron chi connectivity index (χ3n) is 8.12. The maximum absolute atomic E-state index is 12.5. The van der Waals surface area contributed by atoms with Crippen molar-refractivity contribution in [2.75, 3.05) is 26.4 Å². The lowest BCUT2D eigenvalue weighted by molar-refractivity contribution is -0.161. The monoisotopic (exact) mass is 828 g/mol. The summed E-state index contributed by atoms with van der Waals surface area (Å²) in [6.07, 6.45) is 51.4. The molecule has 0 aromatic heterocycles. The lowest BCUT2D eigenvalue weighted by Crippen LogP contribution is -2.29. The van der Waals surface area contributed by atoms with Crippen LogP contribution in [0.2, 0.25) is 0 Å². The van der Waals surface area contributed by atoms with E-state index in [0.29, 0.717) is 6.42 Å². The van der Waals surface area contributed by atoms with Crippen LogP contribution in [-0.2, 0) is 37.5 Å². The third-order valence-corrected chi connectivity index (χ3v) is 9.11. The van der Waals surface area contributed by atoms with Crippen molar-refractivity contribution in [1.82, 2.24) is 0 Å². The van der Waals surface area contributed by atoms with E-state index in [1.807, 2.05) is 24.3 Å². The summed E-state index contributed by atoms with van der Waals surface area (Å²) in [4.78, 5) is 47.0. The van der Waals surface area contributed by atoms with Gasteiger partial charge in [0.1, 0.15) is 6.61 Å². The lowest BCUT2D eigenvalue weighted by Gasteiger charge is -2.19. The number of ether oxygens (including phenoxy) is 2. The van der Waals surface area contributed by atoms with Gasteiger partial charge in [-0.3, -0.25) is 23.4 Å². The van der Waals surface area contributed by atoms with Gasteiger partial charge < -0.3 is 20.1 Å². The van der Waals surface area contributed by atoms with Crippen molar-refractivity contribution in [3.63, 3.8) is 0 Å². The molecule has 326 valence electrons. The molecule has 58 heavy (non-hydrogen) atoms. The Labute approximate surface area is 350 Å². The van der Waals surface area contributed by atoms with E-state index in [1.54, 1.807) is 6.08 Å². The summed E-state index contributed by atoms with van der Waals surface area (Å²) in [6, 6.07) is 0. The van der Waals surface area contributed by atoms with Crippen molar-refractivity contribution >= 4 is 25.5 Å². The Morgan fingerprint density at radius 2 is 1.07 bits per heavy atom. The quantitative estimate of drug-likeness (QED) is 0.0154. The molecule has 11 heteroatoms. The van der Waals surface area contributed by atoms with E-state index in [4.69, 9.17) is 24.3 Å². The zero-order valence-electron chi connectivity index (χ0n) is 35.5. The fourth-order valence-corrected chi connectivity index (χ4v) is 5.69. The molecule has 0 saturated heterocycles. The van der Waals surface area contributed by atoms with Crippen LogP contribution >= 0.6 is 7.82 Å². The molecule has 0 rings (SSSR count). The molecule has 0 aliphatic carbocycles. The van der Waals surface area contributed by atoms with Gasteiger partial charge >= 0.3 is 19.8 Å². The Morgan fingerprint density at radius 3 is 1.59 bits per heavy atom. The molecule has 0 aromatic rings. The van der Waals surface area contributed by atoms with E-state index in [0.717, 1.165) is 44.9 Å². The van der Waals surface area contributed by atoms with E-state index in [-0.39, 0.29) is 44.6 Å². The number of hydrogen-bond donors (Lipinski definition) is 2. The molecule has 0 saturated carbocycles. The maximum atomic E-state index is 12.5. The molecule has 0 spiro atoms. The number of unbranched alkanes of at least 4 members (excludes halogenated alkanes) is 6. The molecule has 0 fully saturated rings. The van der Waals surface area contributed by atoms with Crippen LogP contribution < -0.4 is 5.73 Å². The first-order valence-electron chi connectivity index (χ1n) is 21.3. The van der Waals surface area contributed by atoms with Crippen LogP contribution in [0.25, 0.3) is 0 Å². The van der Waals surface area contributed by atoms with Crippen LogP contribution in [0.5, 0.6) is 0 Å². The molecule has 0 aliphatic heterocycles. The second-order valence-electron chi connectivity index (χ2n) is 13.5. The zero-order chi connectivity index (χ0) is 42.6. The van der Waals surface area contributed by atoms with Crippen molar-refractivity contribution in [3.05, 3.63) is 109 Å². The highest BCUT2D eigenvalue weighted by Crippen LogP contribution is 2.43. The molecule has 1 unspecified atom stereocenters. The average molecular weight is 828 g/mol. The smallest absolute Gasteiger partial charge is 0.462 e. The van der Waals surface area contributed by atoms with Crippen molar-refractivity contribution in [2.24, 2.45) is 5.73 Å². The first kappa shape index (κ1) is 54.3. The highest BCUT2D eigenvalue weighted by atomic mass is 31.2. The number of hydrogen-bond acceptors (Lipinski definition) is 9. The Balaban J connectivity index is 4.51. The van der Waals surface area contributed by atoms with Crippen molar-refractivity contribution in [1.29, 1.82) is 0 Å². The van der Waals surface area contributed by atoms with Gasteiger partial charge in [0.05, 0.1) is 13.2 Å². The molecule has 0 heterocycles. The molecule has 0 aromatic carbocycles. The van der Waals surface area contributed by atoms with E-state index >= 15 is 0 Å². The van der Waals surface area contributed by atoms with E-state index < -0.39 is 39.1 Å². The summed E-state index contributed by atoms with van der Waals surface area (Å²) < 4.78 is 32.4. The Bertz CT molecular complexity index is 1370. The highest BCUT2D eigenvalue weighted by Gasteiger charge is 2.25. The Morgan fingerprint density at radius 1 is 0.569 bits per heavy atom. The molecule has 0 aliphatic rings. The summed E-state index contributed by atoms with van der Waals surface area (Å²) in [7, 11) is -4.46. The summed E-state index contributed by atoms with van der Waals surface area (Å²) in [5.41, 5.74) is 5.32. The molecule has 2 atom stereocenters. The first-order valence-corrected chi connectivity index (χ1v) is 22.8. The minimum absolute atomic E-state index is 0.00400. The summed E-state index contributed by atoms with van der Waals surface area (Å²) in [5, 5.41) is 0. The topological polar surface area (TPSA) is 151 Å². The SMILES string of the molecule is CCCCC/C=C\C/C=C\C/C=C\C=C\C(=O)CCCC(=O)OC[C@H](COP(=O)(O)OCCN)OC(=O)CC/C=C\C/C=C\C/C=C\C/C=C\C/C=C\CCCCC. The number of phosphoric ester groups is 1. The fourth-order valence-electron chi connectivity index (χ4n) is 4.92. The summed E-state index contributed by atoms with van der Waals surface area (Å²) >= 11 is 0. The lowest BCUT2D eigenvalue weighted by atomic mass is 10.1. The first-order chi connectivity index (χ1) is 28.2. The van der Waals surface area contributed by atoms with E-state index in [9.17, 15) is 23.8 Å². The standard InChI is InChI=1S/C47H74NO9P/c1-3-5-7-9-11-13-15-17-18-19-20-21-22-24-26-28-30-32-34-38-47(51)57-45(43-56-58(52,53)55-41-40-48)42-54-46(50)39-35-37-44(49)36-33-31-29-27-25-23-16-14-12-10-8-6-4-2/h11-14,17-18,20-21,23-26,29-33,36,45H,3-10,15-16,19,22,27-28,34-35,37-43,48H2,1-2H3,(H,52,53)/b13-11-,14-12-,18-17-,21-20-,25-23-,26-24-,31-29-,32-30-,36-33+/t45-/m1/s1. The van der Waals surface area contributed by atoms with Gasteiger partial charge in [0.15, 0.2) is 11.9 Å². The van der Waals surface area contributed by atoms with Gasteiger partial charge in [0.25, 0.3) is 0 Å². The Hall–Kier alpha value is -3.66. The number of carbonyl (C=O) groups is 3. The molecule has 0 amide bonds. The van der Waals surface area contributed by atoms with Crippen molar-refractivity contribution < 1.29 is 42.4 Å². The summed E-state index contributed by atoms with van der Waals surface area (Å²) in [5.74, 6) is -1.31. The van der Waals surface area contributed by atoms with Crippen LogP contribution in [0, 0.1) is 0 Å². The third kappa shape index (κ3) is 40.5. The largest absolute Gasteiger partial charge is 0.472 e. The summed E-state index contributed by atoms with van der Waals surface area (Å²) in [6.45, 7) is 3.28. The minimum Gasteiger partial charge on any atom is -0.462 e.